The molecular formula is C23H33N3O3S2. The van der Waals surface area contributed by atoms with E-state index in [0.717, 1.165) is 41.9 Å². The summed E-state index contributed by atoms with van der Waals surface area (Å²) in [6.45, 7) is 8.38. The van der Waals surface area contributed by atoms with Crippen LogP contribution in [0.3, 0.4) is 0 Å². The second-order valence-corrected chi connectivity index (χ2v) is 8.82. The fraction of sp³-hybridized carbons (Fsp3) is 0.348. The van der Waals surface area contributed by atoms with Crippen molar-refractivity contribution in [2.75, 3.05) is 42.6 Å². The summed E-state index contributed by atoms with van der Waals surface area (Å²) < 4.78 is 0. The molecule has 0 radical (unpaired) electrons. The first-order valence-electron chi connectivity index (χ1n) is 9.94. The molecule has 0 amide bonds. The lowest BCUT2D eigenvalue weighted by Crippen LogP contribution is -2.46. The molecule has 0 spiro atoms. The van der Waals surface area contributed by atoms with Crippen LogP contribution < -0.4 is 9.80 Å². The third kappa shape index (κ3) is 7.83. The van der Waals surface area contributed by atoms with E-state index in [1.165, 1.54) is 16.1 Å². The van der Waals surface area contributed by atoms with Crippen LogP contribution in [0.1, 0.15) is 16.1 Å². The molecule has 0 aliphatic carbocycles. The topological polar surface area (TPSA) is 103 Å². The van der Waals surface area contributed by atoms with Crippen LogP contribution in [0.5, 0.6) is 0 Å². The predicted octanol–water partition coefficient (Wildman–Crippen LogP) is 2.95. The number of piperazine rings is 1. The van der Waals surface area contributed by atoms with Crippen LogP contribution >= 0.6 is 24.0 Å². The molecule has 1 fully saturated rings. The molecule has 4 rings (SSSR count). The first-order valence-corrected chi connectivity index (χ1v) is 11.2. The van der Waals surface area contributed by atoms with Crippen molar-refractivity contribution in [3.05, 3.63) is 70.7 Å². The molecule has 1 aliphatic rings. The van der Waals surface area contributed by atoms with Crippen LogP contribution in [0.4, 0.5) is 10.8 Å². The SMILES string of the molecule is Cc1ccc(S)cc1.Cc1sc(N2CCN(c3ccccc3)CC2)nc1CCO.O.O. The Morgan fingerprint density at radius 1 is 0.903 bits per heavy atom. The number of para-hydroxylation sites is 1. The van der Waals surface area contributed by atoms with E-state index in [0.29, 0.717) is 6.42 Å². The van der Waals surface area contributed by atoms with Gasteiger partial charge in [0.2, 0.25) is 0 Å². The van der Waals surface area contributed by atoms with Crippen molar-refractivity contribution in [2.24, 2.45) is 0 Å². The molecule has 2 heterocycles. The summed E-state index contributed by atoms with van der Waals surface area (Å²) in [7, 11) is 0. The molecule has 3 aromatic rings. The Labute approximate surface area is 194 Å². The molecule has 1 aliphatic heterocycles. The molecule has 6 nitrogen and oxygen atoms in total. The average Bonchev–Trinajstić information content (AvgIpc) is 3.12. The van der Waals surface area contributed by atoms with Crippen LogP contribution in [0.2, 0.25) is 0 Å². The largest absolute Gasteiger partial charge is 0.412 e. The van der Waals surface area contributed by atoms with Crippen molar-refractivity contribution in [2.45, 2.75) is 25.2 Å². The second kappa shape index (κ2) is 13.3. The van der Waals surface area contributed by atoms with Crippen LogP contribution in [-0.4, -0.2) is 53.8 Å². The van der Waals surface area contributed by atoms with E-state index in [1.54, 1.807) is 11.3 Å². The summed E-state index contributed by atoms with van der Waals surface area (Å²) in [6.07, 6.45) is 0.659. The Morgan fingerprint density at radius 3 is 2.03 bits per heavy atom. The van der Waals surface area contributed by atoms with Gasteiger partial charge in [-0.1, -0.05) is 35.9 Å². The maximum absolute atomic E-state index is 9.07. The number of aromatic nitrogens is 1. The van der Waals surface area contributed by atoms with Gasteiger partial charge in [0.1, 0.15) is 0 Å². The number of aliphatic hydroxyl groups excluding tert-OH is 1. The summed E-state index contributed by atoms with van der Waals surface area (Å²) in [6, 6.07) is 18.6. The number of thiol groups is 1. The van der Waals surface area contributed by atoms with Crippen LogP contribution in [0.25, 0.3) is 0 Å². The highest BCUT2D eigenvalue weighted by Gasteiger charge is 2.20. The van der Waals surface area contributed by atoms with Crippen LogP contribution in [0.15, 0.2) is 59.5 Å². The van der Waals surface area contributed by atoms with Gasteiger partial charge in [-0.2, -0.15) is 0 Å². The van der Waals surface area contributed by atoms with Crippen molar-refractivity contribution >= 4 is 34.8 Å². The van der Waals surface area contributed by atoms with Crippen molar-refractivity contribution in [3.8, 4) is 0 Å². The van der Waals surface area contributed by atoms with Crippen LogP contribution in [0, 0.1) is 13.8 Å². The molecule has 0 atom stereocenters. The first kappa shape index (κ1) is 26.9. The van der Waals surface area contributed by atoms with Gasteiger partial charge in [-0.25, -0.2) is 4.98 Å². The lowest BCUT2D eigenvalue weighted by molar-refractivity contribution is 0.298. The van der Waals surface area contributed by atoms with Crippen molar-refractivity contribution in [1.82, 2.24) is 4.98 Å². The average molecular weight is 464 g/mol. The van der Waals surface area contributed by atoms with Crippen molar-refractivity contribution < 1.29 is 16.1 Å². The predicted molar refractivity (Wildman–Crippen MR) is 134 cm³/mol. The Bertz CT molecular complexity index is 860. The lowest BCUT2D eigenvalue weighted by atomic mass is 10.2. The fourth-order valence-corrected chi connectivity index (χ4v) is 4.38. The van der Waals surface area contributed by atoms with E-state index in [-0.39, 0.29) is 17.6 Å². The number of benzene rings is 2. The molecule has 8 heteroatoms. The summed E-state index contributed by atoms with van der Waals surface area (Å²) in [5.41, 5.74) is 3.62. The third-order valence-corrected chi connectivity index (χ3v) is 6.31. The number of hydrogen-bond acceptors (Lipinski definition) is 6. The zero-order valence-corrected chi connectivity index (χ0v) is 19.8. The zero-order valence-electron chi connectivity index (χ0n) is 18.1. The summed E-state index contributed by atoms with van der Waals surface area (Å²) >= 11 is 5.87. The van der Waals surface area contributed by atoms with Gasteiger partial charge in [0, 0.05) is 54.7 Å². The van der Waals surface area contributed by atoms with E-state index in [2.05, 4.69) is 71.6 Å². The smallest absolute Gasteiger partial charge is 0.185 e. The monoisotopic (exact) mass is 463 g/mol. The van der Waals surface area contributed by atoms with E-state index < -0.39 is 0 Å². The quantitative estimate of drug-likeness (QED) is 0.581. The van der Waals surface area contributed by atoms with Crippen molar-refractivity contribution in [1.29, 1.82) is 0 Å². The summed E-state index contributed by atoms with van der Waals surface area (Å²) in [5.74, 6) is 0. The number of anilines is 2. The maximum Gasteiger partial charge on any atom is 0.185 e. The van der Waals surface area contributed by atoms with Gasteiger partial charge >= 0.3 is 0 Å². The van der Waals surface area contributed by atoms with E-state index >= 15 is 0 Å². The number of thiazole rings is 1. The number of nitrogens with zero attached hydrogens (tertiary/aromatic N) is 3. The molecule has 0 saturated carbocycles. The van der Waals surface area contributed by atoms with E-state index in [9.17, 15) is 0 Å². The molecule has 31 heavy (non-hydrogen) atoms. The number of hydrogen-bond donors (Lipinski definition) is 2. The Morgan fingerprint density at radius 2 is 1.48 bits per heavy atom. The molecule has 1 aromatic heterocycles. The molecule has 170 valence electrons. The highest BCUT2D eigenvalue weighted by molar-refractivity contribution is 7.80. The second-order valence-electron chi connectivity index (χ2n) is 7.12. The minimum Gasteiger partial charge on any atom is -0.412 e. The number of aryl methyl sites for hydroxylation is 2. The molecule has 2 aromatic carbocycles. The molecule has 5 N–H and O–H groups in total. The van der Waals surface area contributed by atoms with E-state index in [1.807, 2.05) is 24.3 Å². The minimum atomic E-state index is 0. The molecule has 1 saturated heterocycles. The highest BCUT2D eigenvalue weighted by atomic mass is 32.1. The van der Waals surface area contributed by atoms with Gasteiger partial charge in [0.25, 0.3) is 0 Å². The van der Waals surface area contributed by atoms with Gasteiger partial charge in [-0.15, -0.1) is 24.0 Å². The number of aliphatic hydroxyl groups is 1. The lowest BCUT2D eigenvalue weighted by Gasteiger charge is -2.36. The molecule has 0 unspecified atom stereocenters. The fourth-order valence-electron chi connectivity index (χ4n) is 3.23. The number of rotatable bonds is 4. The van der Waals surface area contributed by atoms with Gasteiger partial charge in [-0.3, -0.25) is 0 Å². The summed E-state index contributed by atoms with van der Waals surface area (Å²) in [4.78, 5) is 11.7. The first-order chi connectivity index (χ1) is 14.1. The zero-order chi connectivity index (χ0) is 20.6. The molecular weight excluding hydrogens is 430 g/mol. The van der Waals surface area contributed by atoms with Crippen LogP contribution in [-0.2, 0) is 6.42 Å². The third-order valence-electron chi connectivity index (χ3n) is 4.94. The van der Waals surface area contributed by atoms with E-state index in [4.69, 9.17) is 5.11 Å². The minimum absolute atomic E-state index is 0. The highest BCUT2D eigenvalue weighted by Crippen LogP contribution is 2.27. The van der Waals surface area contributed by atoms with Gasteiger partial charge in [-0.05, 0) is 38.1 Å². The van der Waals surface area contributed by atoms with Gasteiger partial charge in [0.15, 0.2) is 5.13 Å². The molecule has 0 bridgehead atoms. The standard InChI is InChI=1S/C16H21N3OS.C7H8S.2H2O/c1-13-15(7-12-20)17-16(21-13)19-10-8-18(9-11-19)14-5-3-2-4-6-14;1-6-2-4-7(8)5-3-6;;/h2-6,20H,7-12H2,1H3;2-5,8H,1H3;2*1H2. The Balaban J connectivity index is 0.000000410. The maximum atomic E-state index is 9.07. The Kier molecular flexibility index (Phi) is 11.6. The normalized spacial score (nSPS) is 12.9. The van der Waals surface area contributed by atoms with Gasteiger partial charge in [0.05, 0.1) is 5.69 Å². The summed E-state index contributed by atoms with van der Waals surface area (Å²) in [5, 5.41) is 10.2. The van der Waals surface area contributed by atoms with Gasteiger partial charge < -0.3 is 25.9 Å². The van der Waals surface area contributed by atoms with Crippen molar-refractivity contribution in [3.63, 3.8) is 0 Å². The Hall–Kier alpha value is -2.10.